The molecule has 3 rings (SSSR count). The van der Waals surface area contributed by atoms with Gasteiger partial charge in [0, 0.05) is 18.5 Å². The molecule has 3 N–H and O–H groups in total. The van der Waals surface area contributed by atoms with Crippen molar-refractivity contribution in [1.29, 1.82) is 0 Å². The molecule has 0 aliphatic rings. The lowest BCUT2D eigenvalue weighted by molar-refractivity contribution is -0.121. The highest BCUT2D eigenvalue weighted by molar-refractivity contribution is 7.89. The number of carbonyl (C=O) groups is 1. The number of aromatic amines is 1. The van der Waals surface area contributed by atoms with Crippen LogP contribution in [0.25, 0.3) is 11.4 Å². The van der Waals surface area contributed by atoms with Gasteiger partial charge >= 0.3 is 0 Å². The molecule has 0 saturated heterocycles. The first-order chi connectivity index (χ1) is 14.8. The van der Waals surface area contributed by atoms with Gasteiger partial charge in [0.2, 0.25) is 15.9 Å². The summed E-state index contributed by atoms with van der Waals surface area (Å²) in [5.41, 5.74) is 2.32. The molecule has 164 valence electrons. The molecule has 9 nitrogen and oxygen atoms in total. The molecular formula is C21H25N5O4S. The normalized spacial score (nSPS) is 11.3. The summed E-state index contributed by atoms with van der Waals surface area (Å²) in [5.74, 6) is 1.44. The van der Waals surface area contributed by atoms with Gasteiger partial charge in [-0.05, 0) is 55.3 Å². The average Bonchev–Trinajstić information content (AvgIpc) is 3.23. The third kappa shape index (κ3) is 5.89. The maximum atomic E-state index is 12.5. The Morgan fingerprint density at radius 2 is 1.87 bits per heavy atom. The third-order valence-electron chi connectivity index (χ3n) is 4.61. The minimum Gasteiger partial charge on any atom is -0.497 e. The van der Waals surface area contributed by atoms with Crippen LogP contribution in [-0.4, -0.2) is 43.2 Å². The molecule has 0 radical (unpaired) electrons. The highest BCUT2D eigenvalue weighted by Gasteiger charge is 2.17. The summed E-state index contributed by atoms with van der Waals surface area (Å²) < 4.78 is 32.5. The number of hydrogen-bond acceptors (Lipinski definition) is 6. The standard InChI is InChI=1S/C21H25N5O4S/c1-14-4-5-15(2)18(12-14)31(28,29)23-11-10-20(27)22-13-19-24-21(26-25-19)16-6-8-17(30-3)9-7-16/h4-9,12,23H,10-11,13H2,1-3H3,(H,22,27)(H,24,25,26). The number of amides is 1. The van der Waals surface area contributed by atoms with Gasteiger partial charge < -0.3 is 10.1 Å². The number of hydrogen-bond donors (Lipinski definition) is 3. The minimum absolute atomic E-state index is 0.00354. The molecule has 0 saturated carbocycles. The van der Waals surface area contributed by atoms with Crippen LogP contribution in [0.1, 0.15) is 23.4 Å². The van der Waals surface area contributed by atoms with Gasteiger partial charge in [0.05, 0.1) is 18.6 Å². The van der Waals surface area contributed by atoms with Crippen LogP contribution in [0.3, 0.4) is 0 Å². The molecule has 3 aromatic rings. The molecule has 2 aromatic carbocycles. The average molecular weight is 444 g/mol. The smallest absolute Gasteiger partial charge is 0.240 e. The Morgan fingerprint density at radius 3 is 2.58 bits per heavy atom. The van der Waals surface area contributed by atoms with Crippen LogP contribution in [0.15, 0.2) is 47.4 Å². The first kappa shape index (κ1) is 22.4. The van der Waals surface area contributed by atoms with Crippen LogP contribution in [0.4, 0.5) is 0 Å². The fraction of sp³-hybridized carbons (Fsp3) is 0.286. The van der Waals surface area contributed by atoms with Crippen LogP contribution < -0.4 is 14.8 Å². The fourth-order valence-corrected chi connectivity index (χ4v) is 4.25. The number of nitrogens with zero attached hydrogens (tertiary/aromatic N) is 2. The quantitative estimate of drug-likeness (QED) is 0.465. The molecule has 1 aromatic heterocycles. The van der Waals surface area contributed by atoms with E-state index in [1.165, 1.54) is 0 Å². The highest BCUT2D eigenvalue weighted by Crippen LogP contribution is 2.19. The lowest BCUT2D eigenvalue weighted by atomic mass is 10.2. The summed E-state index contributed by atoms with van der Waals surface area (Å²) in [6, 6.07) is 12.5. The second-order valence-corrected chi connectivity index (χ2v) is 8.76. The summed E-state index contributed by atoms with van der Waals surface area (Å²) in [5, 5.41) is 9.63. The molecule has 1 amide bonds. The van der Waals surface area contributed by atoms with Crippen LogP contribution in [-0.2, 0) is 21.4 Å². The first-order valence-corrected chi connectivity index (χ1v) is 11.2. The molecule has 0 atom stereocenters. The molecule has 0 unspecified atom stereocenters. The molecule has 1 heterocycles. The molecule has 0 aliphatic carbocycles. The predicted molar refractivity (Wildman–Crippen MR) is 116 cm³/mol. The van der Waals surface area contributed by atoms with Gasteiger partial charge in [-0.3, -0.25) is 9.89 Å². The Balaban J connectivity index is 1.48. The summed E-state index contributed by atoms with van der Waals surface area (Å²) in [6.45, 7) is 3.72. The SMILES string of the molecule is COc1ccc(-c2n[nH]c(CNC(=O)CCNS(=O)(=O)c3cc(C)ccc3C)n2)cc1. The molecule has 0 bridgehead atoms. The Morgan fingerprint density at radius 1 is 1.13 bits per heavy atom. The van der Waals surface area contributed by atoms with Gasteiger partial charge in [0.25, 0.3) is 0 Å². The molecular weight excluding hydrogens is 418 g/mol. The zero-order valence-electron chi connectivity index (χ0n) is 17.6. The Kier molecular flexibility index (Phi) is 7.03. The lowest BCUT2D eigenvalue weighted by Crippen LogP contribution is -2.31. The van der Waals surface area contributed by atoms with E-state index in [1.54, 1.807) is 26.2 Å². The number of sulfonamides is 1. The van der Waals surface area contributed by atoms with E-state index in [9.17, 15) is 13.2 Å². The van der Waals surface area contributed by atoms with Gasteiger partial charge in [0.1, 0.15) is 11.6 Å². The number of benzene rings is 2. The maximum absolute atomic E-state index is 12.5. The van der Waals surface area contributed by atoms with Crippen molar-refractivity contribution >= 4 is 15.9 Å². The number of H-pyrrole nitrogens is 1. The van der Waals surface area contributed by atoms with E-state index in [0.29, 0.717) is 17.2 Å². The number of carbonyl (C=O) groups excluding carboxylic acids is 1. The van der Waals surface area contributed by atoms with E-state index < -0.39 is 10.0 Å². The Hall–Kier alpha value is -3.24. The summed E-state index contributed by atoms with van der Waals surface area (Å²) in [7, 11) is -2.08. The Bertz CT molecular complexity index is 1160. The number of methoxy groups -OCH3 is 1. The fourth-order valence-electron chi connectivity index (χ4n) is 2.89. The third-order valence-corrected chi connectivity index (χ3v) is 6.21. The van der Waals surface area contributed by atoms with Crippen molar-refractivity contribution in [3.05, 3.63) is 59.4 Å². The molecule has 0 fully saturated rings. The zero-order chi connectivity index (χ0) is 22.4. The van der Waals surface area contributed by atoms with E-state index in [4.69, 9.17) is 4.74 Å². The van der Waals surface area contributed by atoms with Gasteiger partial charge in [-0.2, -0.15) is 5.10 Å². The van der Waals surface area contributed by atoms with Crippen LogP contribution >= 0.6 is 0 Å². The van der Waals surface area contributed by atoms with Gasteiger partial charge in [-0.25, -0.2) is 18.1 Å². The van der Waals surface area contributed by atoms with Crippen molar-refractivity contribution in [2.45, 2.75) is 31.7 Å². The van der Waals surface area contributed by atoms with Crippen molar-refractivity contribution in [2.24, 2.45) is 0 Å². The number of nitrogens with one attached hydrogen (secondary N) is 3. The minimum atomic E-state index is -3.68. The molecule has 31 heavy (non-hydrogen) atoms. The summed E-state index contributed by atoms with van der Waals surface area (Å²) in [6.07, 6.45) is 0.00354. The number of aryl methyl sites for hydroxylation is 2. The van der Waals surface area contributed by atoms with E-state index >= 15 is 0 Å². The monoisotopic (exact) mass is 443 g/mol. The number of rotatable bonds is 9. The van der Waals surface area contributed by atoms with Crippen LogP contribution in [0.5, 0.6) is 5.75 Å². The van der Waals surface area contributed by atoms with Gasteiger partial charge in [-0.15, -0.1) is 0 Å². The molecule has 10 heteroatoms. The second kappa shape index (κ2) is 9.71. The number of aromatic nitrogens is 3. The summed E-state index contributed by atoms with van der Waals surface area (Å²) in [4.78, 5) is 16.7. The van der Waals surface area contributed by atoms with Crippen molar-refractivity contribution in [3.8, 4) is 17.1 Å². The van der Waals surface area contributed by atoms with E-state index in [1.807, 2.05) is 37.3 Å². The van der Waals surface area contributed by atoms with E-state index in [2.05, 4.69) is 25.2 Å². The van der Waals surface area contributed by atoms with Crippen molar-refractivity contribution in [2.75, 3.05) is 13.7 Å². The van der Waals surface area contributed by atoms with Gasteiger partial charge in [-0.1, -0.05) is 12.1 Å². The van der Waals surface area contributed by atoms with Crippen molar-refractivity contribution < 1.29 is 17.9 Å². The second-order valence-electron chi connectivity index (χ2n) is 7.03. The molecule has 0 spiro atoms. The highest BCUT2D eigenvalue weighted by atomic mass is 32.2. The lowest BCUT2D eigenvalue weighted by Gasteiger charge is -2.10. The topological polar surface area (TPSA) is 126 Å². The van der Waals surface area contributed by atoms with E-state index in [-0.39, 0.29) is 30.3 Å². The first-order valence-electron chi connectivity index (χ1n) is 9.68. The Labute approximate surface area is 181 Å². The van der Waals surface area contributed by atoms with E-state index in [0.717, 1.165) is 16.9 Å². The number of ether oxygens (including phenoxy) is 1. The van der Waals surface area contributed by atoms with Gasteiger partial charge in [0.15, 0.2) is 5.82 Å². The van der Waals surface area contributed by atoms with Crippen molar-refractivity contribution in [3.63, 3.8) is 0 Å². The predicted octanol–water partition coefficient (Wildman–Crippen LogP) is 2.08. The zero-order valence-corrected chi connectivity index (χ0v) is 18.4. The summed E-state index contributed by atoms with van der Waals surface area (Å²) >= 11 is 0. The molecule has 0 aliphatic heterocycles. The van der Waals surface area contributed by atoms with Crippen LogP contribution in [0.2, 0.25) is 0 Å². The van der Waals surface area contributed by atoms with Crippen LogP contribution in [0, 0.1) is 13.8 Å². The van der Waals surface area contributed by atoms with Crippen molar-refractivity contribution in [1.82, 2.24) is 25.2 Å². The largest absolute Gasteiger partial charge is 0.497 e. The maximum Gasteiger partial charge on any atom is 0.240 e.